The molecular weight excluding hydrogens is 470 g/mol. The molecule has 1 aliphatic carbocycles. The Kier molecular flexibility index (Phi) is 6.00. The number of nitrogens with zero attached hydrogens (tertiary/aromatic N) is 3. The van der Waals surface area contributed by atoms with Gasteiger partial charge in [-0.05, 0) is 41.8 Å². The van der Waals surface area contributed by atoms with E-state index in [0.717, 1.165) is 59.0 Å². The van der Waals surface area contributed by atoms with Gasteiger partial charge in [0.15, 0.2) is 0 Å². The standard InChI is InChI=1S/C29H25N3OS2/c33-28-26(35-29(34)32(28)23-14-5-2-6-15-23)18-21-19-31(22-12-3-1-4-13-22)30-27(21)25-17-9-11-20-10-7-8-16-24(20)25/h1,3-4,7-13,16-19,23H,2,5-6,14-15H2/b26-18-. The molecule has 0 spiro atoms. The topological polar surface area (TPSA) is 38.1 Å². The lowest BCUT2D eigenvalue weighted by molar-refractivity contribution is -0.124. The zero-order valence-corrected chi connectivity index (χ0v) is 20.9. The Morgan fingerprint density at radius 1 is 0.914 bits per heavy atom. The number of thioether (sulfide) groups is 1. The van der Waals surface area contributed by atoms with E-state index in [9.17, 15) is 4.79 Å². The highest BCUT2D eigenvalue weighted by atomic mass is 32.2. The van der Waals surface area contributed by atoms with Crippen molar-refractivity contribution in [2.45, 2.75) is 38.1 Å². The smallest absolute Gasteiger partial charge is 0.266 e. The van der Waals surface area contributed by atoms with Gasteiger partial charge in [0.05, 0.1) is 10.6 Å². The molecule has 2 heterocycles. The monoisotopic (exact) mass is 495 g/mol. The highest BCUT2D eigenvalue weighted by Gasteiger charge is 2.37. The van der Waals surface area contributed by atoms with E-state index in [4.69, 9.17) is 17.3 Å². The van der Waals surface area contributed by atoms with E-state index in [-0.39, 0.29) is 11.9 Å². The summed E-state index contributed by atoms with van der Waals surface area (Å²) < 4.78 is 2.57. The second-order valence-electron chi connectivity index (χ2n) is 9.08. The average Bonchev–Trinajstić information content (AvgIpc) is 3.45. The Morgan fingerprint density at radius 3 is 2.49 bits per heavy atom. The van der Waals surface area contributed by atoms with E-state index in [1.54, 1.807) is 0 Å². The van der Waals surface area contributed by atoms with Gasteiger partial charge in [-0.15, -0.1) is 0 Å². The Labute approximate surface area is 214 Å². The van der Waals surface area contributed by atoms with Crippen LogP contribution in [0.4, 0.5) is 0 Å². The molecule has 2 fully saturated rings. The van der Waals surface area contributed by atoms with Crippen LogP contribution in [0.1, 0.15) is 37.7 Å². The van der Waals surface area contributed by atoms with Crippen molar-refractivity contribution in [3.63, 3.8) is 0 Å². The van der Waals surface area contributed by atoms with Crippen LogP contribution >= 0.6 is 24.0 Å². The SMILES string of the molecule is O=C1/C(=C/c2cn(-c3ccccc3)nc2-c2cccc3ccccc23)SC(=S)N1C1CCCCC1. The predicted molar refractivity (Wildman–Crippen MR) is 148 cm³/mol. The number of para-hydroxylation sites is 1. The zero-order chi connectivity index (χ0) is 23.8. The third kappa shape index (κ3) is 4.21. The van der Waals surface area contributed by atoms with Crippen molar-refractivity contribution >= 4 is 51.1 Å². The highest BCUT2D eigenvalue weighted by Crippen LogP contribution is 2.39. The lowest BCUT2D eigenvalue weighted by atomic mass is 9.94. The fourth-order valence-corrected chi connectivity index (χ4v) is 6.51. The minimum atomic E-state index is 0.0308. The lowest BCUT2D eigenvalue weighted by Crippen LogP contribution is -2.39. The van der Waals surface area contributed by atoms with Crippen LogP contribution in [0.25, 0.3) is 33.8 Å². The van der Waals surface area contributed by atoms with Crippen LogP contribution in [0.3, 0.4) is 0 Å². The summed E-state index contributed by atoms with van der Waals surface area (Å²) in [7, 11) is 0. The van der Waals surface area contributed by atoms with Gasteiger partial charge in [-0.2, -0.15) is 5.10 Å². The molecule has 0 unspecified atom stereocenters. The highest BCUT2D eigenvalue weighted by molar-refractivity contribution is 8.26. The van der Waals surface area contributed by atoms with Gasteiger partial charge in [0.2, 0.25) is 0 Å². The van der Waals surface area contributed by atoms with Crippen molar-refractivity contribution in [1.82, 2.24) is 14.7 Å². The van der Waals surface area contributed by atoms with Crippen molar-refractivity contribution < 1.29 is 4.79 Å². The normalized spacial score (nSPS) is 18.2. The van der Waals surface area contributed by atoms with Gasteiger partial charge in [-0.1, -0.05) is 104 Å². The molecule has 0 N–H and O–H groups in total. The number of thiocarbonyl (C=S) groups is 1. The summed E-state index contributed by atoms with van der Waals surface area (Å²) in [6.45, 7) is 0. The molecule has 3 aromatic carbocycles. The molecule has 174 valence electrons. The van der Waals surface area contributed by atoms with Crippen LogP contribution in [-0.4, -0.2) is 30.9 Å². The van der Waals surface area contributed by atoms with Gasteiger partial charge in [-0.3, -0.25) is 9.69 Å². The number of fused-ring (bicyclic) bond motifs is 1. The van der Waals surface area contributed by atoms with E-state index in [1.807, 2.05) is 58.3 Å². The number of amides is 1. The molecule has 2 aliphatic rings. The molecule has 1 aromatic heterocycles. The maximum atomic E-state index is 13.5. The van der Waals surface area contributed by atoms with E-state index in [1.165, 1.54) is 18.2 Å². The maximum Gasteiger partial charge on any atom is 0.266 e. The first-order valence-corrected chi connectivity index (χ1v) is 13.3. The fourth-order valence-electron chi connectivity index (χ4n) is 5.12. The molecule has 0 bridgehead atoms. The Balaban J connectivity index is 1.46. The number of carbonyl (C=O) groups is 1. The molecule has 1 saturated heterocycles. The third-order valence-corrected chi connectivity index (χ3v) is 8.19. The van der Waals surface area contributed by atoms with Crippen LogP contribution in [0.15, 0.2) is 83.9 Å². The Hall–Kier alpha value is -3.22. The second-order valence-corrected chi connectivity index (χ2v) is 10.8. The molecule has 1 amide bonds. The Morgan fingerprint density at radius 2 is 1.66 bits per heavy atom. The number of hydrogen-bond donors (Lipinski definition) is 0. The van der Waals surface area contributed by atoms with E-state index < -0.39 is 0 Å². The van der Waals surface area contributed by atoms with Crippen molar-refractivity contribution in [2.75, 3.05) is 0 Å². The van der Waals surface area contributed by atoms with Gasteiger partial charge in [0.1, 0.15) is 10.0 Å². The van der Waals surface area contributed by atoms with Gasteiger partial charge < -0.3 is 0 Å². The molecule has 1 aliphatic heterocycles. The first kappa shape index (κ1) is 22.3. The van der Waals surface area contributed by atoms with Crippen LogP contribution in [-0.2, 0) is 4.79 Å². The Bertz CT molecular complexity index is 1450. The van der Waals surface area contributed by atoms with Gasteiger partial charge in [0.25, 0.3) is 5.91 Å². The molecule has 6 heteroatoms. The van der Waals surface area contributed by atoms with Crippen LogP contribution in [0, 0.1) is 0 Å². The number of rotatable bonds is 4. The summed E-state index contributed by atoms with van der Waals surface area (Å²) in [5.41, 5.74) is 3.79. The molecule has 4 aromatic rings. The first-order valence-electron chi connectivity index (χ1n) is 12.1. The molecule has 6 rings (SSSR count). The summed E-state index contributed by atoms with van der Waals surface area (Å²) in [4.78, 5) is 16.0. The maximum absolute atomic E-state index is 13.5. The summed E-state index contributed by atoms with van der Waals surface area (Å²) in [5.74, 6) is 0.0308. The largest absolute Gasteiger partial charge is 0.290 e. The number of hydrogen-bond acceptors (Lipinski definition) is 4. The summed E-state index contributed by atoms with van der Waals surface area (Å²) >= 11 is 7.08. The molecule has 0 radical (unpaired) electrons. The van der Waals surface area contributed by atoms with Gasteiger partial charge in [0, 0.05) is 23.4 Å². The quantitative estimate of drug-likeness (QED) is 0.221. The predicted octanol–water partition coefficient (Wildman–Crippen LogP) is 7.23. The number of benzene rings is 3. The zero-order valence-electron chi connectivity index (χ0n) is 19.3. The van der Waals surface area contributed by atoms with E-state index >= 15 is 0 Å². The van der Waals surface area contributed by atoms with Gasteiger partial charge >= 0.3 is 0 Å². The van der Waals surface area contributed by atoms with E-state index in [2.05, 4.69) is 36.4 Å². The average molecular weight is 496 g/mol. The molecule has 4 nitrogen and oxygen atoms in total. The lowest BCUT2D eigenvalue weighted by Gasteiger charge is -2.29. The van der Waals surface area contributed by atoms with Crippen molar-refractivity contribution in [3.05, 3.63) is 89.5 Å². The van der Waals surface area contributed by atoms with Crippen molar-refractivity contribution in [1.29, 1.82) is 0 Å². The summed E-state index contributed by atoms with van der Waals surface area (Å²) in [6.07, 6.45) is 9.63. The fraction of sp³-hybridized carbons (Fsp3) is 0.207. The minimum absolute atomic E-state index is 0.0308. The summed E-state index contributed by atoms with van der Waals surface area (Å²) in [5, 5.41) is 7.30. The number of carbonyl (C=O) groups excluding carboxylic acids is 1. The number of aromatic nitrogens is 2. The molecule has 35 heavy (non-hydrogen) atoms. The molecular formula is C29H25N3OS2. The van der Waals surface area contributed by atoms with Crippen LogP contribution < -0.4 is 0 Å². The molecule has 1 saturated carbocycles. The third-order valence-electron chi connectivity index (χ3n) is 6.86. The molecule has 0 atom stereocenters. The van der Waals surface area contributed by atoms with Gasteiger partial charge in [-0.25, -0.2) is 4.68 Å². The van der Waals surface area contributed by atoms with Crippen LogP contribution in [0.5, 0.6) is 0 Å². The van der Waals surface area contributed by atoms with E-state index in [0.29, 0.717) is 9.23 Å². The first-order chi connectivity index (χ1) is 17.2. The van der Waals surface area contributed by atoms with Crippen molar-refractivity contribution in [3.8, 4) is 16.9 Å². The minimum Gasteiger partial charge on any atom is -0.290 e. The second kappa shape index (κ2) is 9.44. The summed E-state index contributed by atoms with van der Waals surface area (Å²) in [6, 6.07) is 24.9. The van der Waals surface area contributed by atoms with Crippen LogP contribution in [0.2, 0.25) is 0 Å². The van der Waals surface area contributed by atoms with Crippen molar-refractivity contribution in [2.24, 2.45) is 0 Å².